The van der Waals surface area contributed by atoms with E-state index in [1.165, 1.54) is 4.90 Å². The molecule has 1 aliphatic carbocycles. The predicted octanol–water partition coefficient (Wildman–Crippen LogP) is 2.87. The van der Waals surface area contributed by atoms with E-state index in [9.17, 15) is 9.59 Å². The number of rotatable bonds is 3. The van der Waals surface area contributed by atoms with Crippen molar-refractivity contribution in [2.24, 2.45) is 5.92 Å². The normalized spacial score (nSPS) is 21.0. The molecule has 2 aromatic rings. The molecule has 2 heterocycles. The molecule has 1 N–H and O–H groups in total. The highest BCUT2D eigenvalue weighted by Crippen LogP contribution is 2.33. The minimum absolute atomic E-state index is 0.0412. The molecular weight excluding hydrogens is 304 g/mol. The Hall–Kier alpha value is -2.14. The number of fused-ring (bicyclic) bond motifs is 1. The molecular formula is C19H22N2O3. The van der Waals surface area contributed by atoms with E-state index in [1.807, 2.05) is 31.2 Å². The Morgan fingerprint density at radius 1 is 1.21 bits per heavy atom. The van der Waals surface area contributed by atoms with E-state index in [1.54, 1.807) is 0 Å². The summed E-state index contributed by atoms with van der Waals surface area (Å²) in [6.45, 7) is 3.50. The van der Waals surface area contributed by atoms with Gasteiger partial charge in [0.2, 0.25) is 5.91 Å². The van der Waals surface area contributed by atoms with Gasteiger partial charge in [-0.15, -0.1) is 0 Å². The fraction of sp³-hybridized carbons (Fsp3) is 0.474. The predicted molar refractivity (Wildman–Crippen MR) is 90.7 cm³/mol. The van der Waals surface area contributed by atoms with Gasteiger partial charge in [-0.1, -0.05) is 18.2 Å². The molecule has 1 aromatic heterocycles. The van der Waals surface area contributed by atoms with Crippen molar-refractivity contribution in [2.75, 3.05) is 13.1 Å². The number of nitrogens with one attached hydrogen (secondary N) is 1. The first-order valence-corrected chi connectivity index (χ1v) is 8.73. The lowest BCUT2D eigenvalue weighted by atomic mass is 9.97. The van der Waals surface area contributed by atoms with Gasteiger partial charge in [-0.3, -0.25) is 14.5 Å². The van der Waals surface area contributed by atoms with E-state index in [0.717, 1.165) is 43.2 Å². The van der Waals surface area contributed by atoms with Crippen molar-refractivity contribution in [1.82, 2.24) is 10.2 Å². The van der Waals surface area contributed by atoms with Crippen molar-refractivity contribution in [2.45, 2.75) is 38.6 Å². The maximum absolute atomic E-state index is 13.1. The summed E-state index contributed by atoms with van der Waals surface area (Å²) in [5.41, 5.74) is 1.51. The quantitative estimate of drug-likeness (QED) is 0.881. The van der Waals surface area contributed by atoms with E-state index in [4.69, 9.17) is 4.42 Å². The molecule has 1 atom stereocenters. The van der Waals surface area contributed by atoms with Gasteiger partial charge in [0.15, 0.2) is 5.76 Å². The highest BCUT2D eigenvalue weighted by atomic mass is 16.3. The third-order valence-corrected chi connectivity index (χ3v) is 5.05. The Morgan fingerprint density at radius 3 is 2.67 bits per heavy atom. The maximum atomic E-state index is 13.1. The van der Waals surface area contributed by atoms with Crippen molar-refractivity contribution in [3.8, 4) is 0 Å². The lowest BCUT2D eigenvalue weighted by Crippen LogP contribution is -2.46. The zero-order valence-electron chi connectivity index (χ0n) is 13.9. The van der Waals surface area contributed by atoms with Crippen LogP contribution in [0.15, 0.2) is 28.7 Å². The number of para-hydroxylation sites is 1. The number of carbonyl (C=O) groups excluding carboxylic acids is 2. The van der Waals surface area contributed by atoms with Crippen LogP contribution >= 0.6 is 0 Å². The highest BCUT2D eigenvalue weighted by Gasteiger charge is 2.42. The fourth-order valence-corrected chi connectivity index (χ4v) is 3.53. The van der Waals surface area contributed by atoms with Gasteiger partial charge in [-0.2, -0.15) is 0 Å². The van der Waals surface area contributed by atoms with Gasteiger partial charge in [-0.25, -0.2) is 0 Å². The van der Waals surface area contributed by atoms with Crippen molar-refractivity contribution < 1.29 is 14.0 Å². The Labute approximate surface area is 141 Å². The van der Waals surface area contributed by atoms with E-state index in [0.29, 0.717) is 17.9 Å². The van der Waals surface area contributed by atoms with Crippen LogP contribution in [0.2, 0.25) is 0 Å². The summed E-state index contributed by atoms with van der Waals surface area (Å²) in [5, 5.41) is 4.19. The minimum Gasteiger partial charge on any atom is -0.451 e. The number of benzene rings is 1. The number of amides is 2. The van der Waals surface area contributed by atoms with Crippen LogP contribution in [-0.4, -0.2) is 35.8 Å². The molecule has 2 fully saturated rings. The van der Waals surface area contributed by atoms with Gasteiger partial charge in [-0.05, 0) is 45.2 Å². The Kier molecular flexibility index (Phi) is 3.88. The molecule has 1 aromatic carbocycles. The summed E-state index contributed by atoms with van der Waals surface area (Å²) in [6, 6.07) is 7.65. The van der Waals surface area contributed by atoms with Crippen LogP contribution in [0.3, 0.4) is 0 Å². The smallest absolute Gasteiger partial charge is 0.296 e. The van der Waals surface area contributed by atoms with Gasteiger partial charge >= 0.3 is 0 Å². The number of furan rings is 1. The minimum atomic E-state index is -0.276. The number of carbonyl (C=O) groups is 2. The van der Waals surface area contributed by atoms with Crippen LogP contribution in [0.4, 0.5) is 0 Å². The first-order chi connectivity index (χ1) is 11.7. The average molecular weight is 326 g/mol. The molecule has 1 aliphatic heterocycles. The number of hydrogen-bond donors (Lipinski definition) is 1. The van der Waals surface area contributed by atoms with Crippen LogP contribution < -0.4 is 5.32 Å². The van der Waals surface area contributed by atoms with Crippen LogP contribution in [0.1, 0.15) is 41.8 Å². The Balaban J connectivity index is 1.66. The summed E-state index contributed by atoms with van der Waals surface area (Å²) in [7, 11) is 0. The molecule has 5 nitrogen and oxygen atoms in total. The molecule has 1 unspecified atom stereocenters. The maximum Gasteiger partial charge on any atom is 0.296 e. The first kappa shape index (κ1) is 15.4. The monoisotopic (exact) mass is 326 g/mol. The number of piperidine rings is 1. The summed E-state index contributed by atoms with van der Waals surface area (Å²) >= 11 is 0. The number of nitrogens with zero attached hydrogens (tertiary/aromatic N) is 1. The summed E-state index contributed by atoms with van der Waals surface area (Å²) in [4.78, 5) is 27.5. The van der Waals surface area contributed by atoms with Gasteiger partial charge in [0.05, 0.1) is 5.92 Å². The van der Waals surface area contributed by atoms with Gasteiger partial charge in [0.25, 0.3) is 5.91 Å². The van der Waals surface area contributed by atoms with E-state index >= 15 is 0 Å². The SMILES string of the molecule is Cc1c(C(=O)N(C(=O)C2CCCNC2)C2CC2)oc2ccccc12. The van der Waals surface area contributed by atoms with Gasteiger partial charge in [0.1, 0.15) is 5.58 Å². The van der Waals surface area contributed by atoms with Crippen LogP contribution in [0, 0.1) is 12.8 Å². The molecule has 2 aliphatic rings. The molecule has 126 valence electrons. The Bertz CT molecular complexity index is 785. The second kappa shape index (κ2) is 6.06. The zero-order chi connectivity index (χ0) is 16.7. The lowest BCUT2D eigenvalue weighted by molar-refractivity contribution is -0.133. The van der Waals surface area contributed by atoms with Gasteiger partial charge in [0, 0.05) is 23.5 Å². The second-order valence-corrected chi connectivity index (χ2v) is 6.84. The fourth-order valence-electron chi connectivity index (χ4n) is 3.53. The summed E-state index contributed by atoms with van der Waals surface area (Å²) in [6.07, 6.45) is 3.63. The van der Waals surface area contributed by atoms with E-state index in [-0.39, 0.29) is 23.8 Å². The van der Waals surface area contributed by atoms with E-state index in [2.05, 4.69) is 5.32 Å². The van der Waals surface area contributed by atoms with E-state index < -0.39 is 0 Å². The molecule has 0 radical (unpaired) electrons. The number of hydrogen-bond acceptors (Lipinski definition) is 4. The number of aryl methyl sites for hydroxylation is 1. The van der Waals surface area contributed by atoms with Crippen LogP contribution in [-0.2, 0) is 4.79 Å². The molecule has 5 heteroatoms. The molecule has 1 saturated heterocycles. The molecule has 24 heavy (non-hydrogen) atoms. The summed E-state index contributed by atoms with van der Waals surface area (Å²) in [5.74, 6) is -0.121. The van der Waals surface area contributed by atoms with Crippen molar-refractivity contribution in [3.05, 3.63) is 35.6 Å². The Morgan fingerprint density at radius 2 is 2.00 bits per heavy atom. The standard InChI is InChI=1S/C19H22N2O3/c1-12-15-6-2-3-7-16(15)24-17(12)19(23)21(14-8-9-14)18(22)13-5-4-10-20-11-13/h2-3,6-7,13-14,20H,4-5,8-11H2,1H3. The highest BCUT2D eigenvalue weighted by molar-refractivity contribution is 6.07. The average Bonchev–Trinajstić information content (AvgIpc) is 3.39. The summed E-state index contributed by atoms with van der Waals surface area (Å²) < 4.78 is 5.80. The van der Waals surface area contributed by atoms with Crippen molar-refractivity contribution >= 4 is 22.8 Å². The molecule has 1 saturated carbocycles. The van der Waals surface area contributed by atoms with Crippen LogP contribution in [0.5, 0.6) is 0 Å². The lowest BCUT2D eigenvalue weighted by Gasteiger charge is -2.28. The first-order valence-electron chi connectivity index (χ1n) is 8.73. The van der Waals surface area contributed by atoms with Gasteiger partial charge < -0.3 is 9.73 Å². The largest absolute Gasteiger partial charge is 0.451 e. The third-order valence-electron chi connectivity index (χ3n) is 5.05. The van der Waals surface area contributed by atoms with Crippen molar-refractivity contribution in [1.29, 1.82) is 0 Å². The molecule has 0 bridgehead atoms. The molecule has 0 spiro atoms. The topological polar surface area (TPSA) is 62.6 Å². The third kappa shape index (κ3) is 2.63. The zero-order valence-corrected chi connectivity index (χ0v) is 13.9. The number of imide groups is 1. The molecule has 2 amide bonds. The van der Waals surface area contributed by atoms with Crippen molar-refractivity contribution in [3.63, 3.8) is 0 Å². The molecule has 4 rings (SSSR count). The van der Waals surface area contributed by atoms with Crippen LogP contribution in [0.25, 0.3) is 11.0 Å². The second-order valence-electron chi connectivity index (χ2n) is 6.84.